The van der Waals surface area contributed by atoms with Crippen LogP contribution in [0.2, 0.25) is 5.02 Å². The van der Waals surface area contributed by atoms with Gasteiger partial charge in [-0.05, 0) is 72.5 Å². The van der Waals surface area contributed by atoms with E-state index >= 15 is 0 Å². The van der Waals surface area contributed by atoms with E-state index in [9.17, 15) is 26.4 Å². The Hall–Kier alpha value is -5.56. The Kier molecular flexibility index (Phi) is 7.94. The van der Waals surface area contributed by atoms with Crippen LogP contribution in [-0.4, -0.2) is 50.3 Å². The minimum atomic E-state index is -3.89. The number of aromatic nitrogens is 4. The maximum absolute atomic E-state index is 13.2. The second-order valence-electron chi connectivity index (χ2n) is 11.2. The Morgan fingerprint density at radius 1 is 0.673 bits per heavy atom. The van der Waals surface area contributed by atoms with Crippen molar-refractivity contribution in [2.45, 2.75) is 22.6 Å². The topological polar surface area (TPSA) is 190 Å². The van der Waals surface area contributed by atoms with E-state index in [0.717, 1.165) is 11.1 Å². The van der Waals surface area contributed by atoms with Crippen LogP contribution in [0.4, 0.5) is 11.4 Å². The van der Waals surface area contributed by atoms with Gasteiger partial charge >= 0.3 is 0 Å². The minimum Gasteiger partial charge on any atom is -0.267 e. The summed E-state index contributed by atoms with van der Waals surface area (Å²) in [6, 6.07) is 21.5. The fourth-order valence-electron chi connectivity index (χ4n) is 6.11. The number of fused-ring (bicyclic) bond motifs is 4. The predicted octanol–water partition coefficient (Wildman–Crippen LogP) is 3.87. The molecule has 13 nitrogen and oxygen atoms in total. The second kappa shape index (κ2) is 12.2. The zero-order valence-electron chi connectivity index (χ0n) is 25.3. The summed E-state index contributed by atoms with van der Waals surface area (Å²) < 4.78 is 55.4. The summed E-state index contributed by atoms with van der Waals surface area (Å²) in [5, 5.41) is 22.8. The summed E-state index contributed by atoms with van der Waals surface area (Å²) in [7, 11) is -7.72. The molecule has 4 heterocycles. The van der Waals surface area contributed by atoms with Crippen LogP contribution >= 0.6 is 11.6 Å². The Labute approximate surface area is 284 Å². The zero-order chi connectivity index (χ0) is 34.5. The van der Waals surface area contributed by atoms with Crippen molar-refractivity contribution in [1.82, 2.24) is 20.4 Å². The molecule has 0 saturated carbocycles. The molecule has 4 aromatic carbocycles. The molecule has 2 aliphatic rings. The Balaban J connectivity index is 0.000000154. The van der Waals surface area contributed by atoms with Crippen LogP contribution in [0.25, 0.3) is 21.5 Å². The van der Waals surface area contributed by atoms with E-state index in [4.69, 9.17) is 16.9 Å². The smallest absolute Gasteiger partial charge is 0.267 e. The van der Waals surface area contributed by atoms with Crippen molar-refractivity contribution >= 4 is 64.6 Å². The van der Waals surface area contributed by atoms with E-state index in [0.29, 0.717) is 53.3 Å². The summed E-state index contributed by atoms with van der Waals surface area (Å²) in [6.45, 7) is 0.630. The maximum atomic E-state index is 13.2. The fraction of sp³-hybridized carbons (Fsp3) is 0.121. The van der Waals surface area contributed by atoms with Crippen molar-refractivity contribution < 1.29 is 16.8 Å². The third-order valence-corrected chi connectivity index (χ3v) is 12.4. The number of anilines is 2. The third kappa shape index (κ3) is 5.49. The molecule has 0 bridgehead atoms. The number of nitrogens with zero attached hydrogens (tertiary/aromatic N) is 5. The minimum absolute atomic E-state index is 0.0267. The van der Waals surface area contributed by atoms with Crippen molar-refractivity contribution in [1.29, 1.82) is 5.26 Å². The number of halogens is 1. The van der Waals surface area contributed by atoms with Gasteiger partial charge in [-0.25, -0.2) is 27.0 Å². The number of rotatable bonds is 4. The van der Waals surface area contributed by atoms with Gasteiger partial charge in [-0.2, -0.15) is 15.5 Å². The summed E-state index contributed by atoms with van der Waals surface area (Å²) in [5.74, 6) is 0. The highest BCUT2D eigenvalue weighted by atomic mass is 35.5. The standard InChI is InChI=1S/C17H12N4O3S.C16H12ClN3O3S/c18-9-11-4-5-12-6-7-21(15(12)8-11)25(23,24)16-3-1-2-13-14(16)10-19-20-17(13)22;17-11-5-4-10-6-7-20(14(10)8-11)24(22,23)15-3-1-2-12-13(15)9-18-19-16(12)21/h1-5,8,10H,6-7H2,(H,20,22);1-5,8-9H,6-7H2,(H,19,21). The molecule has 8 rings (SSSR count). The van der Waals surface area contributed by atoms with Crippen LogP contribution < -0.4 is 19.7 Å². The van der Waals surface area contributed by atoms with Gasteiger partial charge in [-0.1, -0.05) is 35.9 Å². The van der Waals surface area contributed by atoms with Crippen LogP contribution in [0, 0.1) is 11.3 Å². The van der Waals surface area contributed by atoms with Gasteiger partial charge in [-0.15, -0.1) is 0 Å². The first-order valence-corrected chi connectivity index (χ1v) is 18.1. The lowest BCUT2D eigenvalue weighted by atomic mass is 10.1. The van der Waals surface area contributed by atoms with E-state index in [2.05, 4.69) is 20.4 Å². The van der Waals surface area contributed by atoms with Crippen molar-refractivity contribution in [3.63, 3.8) is 0 Å². The van der Waals surface area contributed by atoms with Gasteiger partial charge in [0, 0.05) is 28.9 Å². The molecule has 0 amide bonds. The van der Waals surface area contributed by atoms with E-state index in [1.807, 2.05) is 12.1 Å². The summed E-state index contributed by atoms with van der Waals surface area (Å²) in [5.41, 5.74) is 2.43. The number of hydrogen-bond acceptors (Lipinski definition) is 9. The Bertz CT molecular complexity index is 2710. The van der Waals surface area contributed by atoms with Crippen LogP contribution in [-0.2, 0) is 32.9 Å². The average molecular weight is 714 g/mol. The number of sulfonamides is 2. The number of aromatic amines is 2. The normalized spacial score (nSPS) is 13.9. The average Bonchev–Trinajstić information content (AvgIpc) is 3.73. The zero-order valence-corrected chi connectivity index (χ0v) is 27.7. The van der Waals surface area contributed by atoms with Crippen molar-refractivity contribution in [2.75, 3.05) is 21.7 Å². The van der Waals surface area contributed by atoms with Gasteiger partial charge < -0.3 is 0 Å². The lowest BCUT2D eigenvalue weighted by molar-refractivity contribution is 0.591. The lowest BCUT2D eigenvalue weighted by Gasteiger charge is -2.20. The quantitative estimate of drug-likeness (QED) is 0.273. The van der Waals surface area contributed by atoms with Crippen LogP contribution in [0.15, 0.2) is 105 Å². The monoisotopic (exact) mass is 713 g/mol. The molecule has 0 radical (unpaired) electrons. The Morgan fingerprint density at radius 2 is 1.16 bits per heavy atom. The summed E-state index contributed by atoms with van der Waals surface area (Å²) in [6.07, 6.45) is 3.89. The van der Waals surface area contributed by atoms with Gasteiger partial charge in [-0.3, -0.25) is 18.2 Å². The van der Waals surface area contributed by atoms with E-state index in [1.165, 1.54) is 39.2 Å². The van der Waals surface area contributed by atoms with Crippen molar-refractivity contribution in [3.05, 3.63) is 128 Å². The lowest BCUT2D eigenvalue weighted by Crippen LogP contribution is -2.29. The molecule has 2 aromatic heterocycles. The first kappa shape index (κ1) is 32.0. The number of nitrogens with one attached hydrogen (secondary N) is 2. The molecule has 49 heavy (non-hydrogen) atoms. The number of H-pyrrole nitrogens is 2. The molecular formula is C33H24ClN7O6S2. The van der Waals surface area contributed by atoms with Gasteiger partial charge in [0.1, 0.15) is 0 Å². The maximum Gasteiger partial charge on any atom is 0.272 e. The van der Waals surface area contributed by atoms with Crippen molar-refractivity contribution in [2.24, 2.45) is 0 Å². The molecule has 0 aliphatic carbocycles. The highest BCUT2D eigenvalue weighted by Gasteiger charge is 2.34. The number of benzene rings is 4. The van der Waals surface area contributed by atoms with Crippen molar-refractivity contribution in [3.8, 4) is 6.07 Å². The van der Waals surface area contributed by atoms with Crippen LogP contribution in [0.3, 0.4) is 0 Å². The van der Waals surface area contributed by atoms with E-state index in [-0.39, 0.29) is 25.9 Å². The number of nitriles is 1. The largest absolute Gasteiger partial charge is 0.272 e. The molecule has 0 fully saturated rings. The van der Waals surface area contributed by atoms with E-state index in [1.54, 1.807) is 48.5 Å². The molecular weight excluding hydrogens is 690 g/mol. The molecule has 0 saturated heterocycles. The summed E-state index contributed by atoms with van der Waals surface area (Å²) in [4.78, 5) is 23.9. The fourth-order valence-corrected chi connectivity index (χ4v) is 9.66. The van der Waals surface area contributed by atoms with Gasteiger partial charge in [0.05, 0.1) is 56.0 Å². The molecule has 0 unspecified atom stereocenters. The molecule has 6 aromatic rings. The third-order valence-electron chi connectivity index (χ3n) is 8.44. The molecule has 2 aliphatic heterocycles. The predicted molar refractivity (Wildman–Crippen MR) is 184 cm³/mol. The SMILES string of the molecule is N#Cc1ccc2c(c1)N(S(=O)(=O)c1cccc3c(=O)[nH]ncc13)CC2.O=c1[nH]ncc2c(S(=O)(=O)N3CCc4ccc(Cl)cc43)cccc12. The molecule has 0 spiro atoms. The van der Waals surface area contributed by atoms with Gasteiger partial charge in [0.15, 0.2) is 0 Å². The highest BCUT2D eigenvalue weighted by Crippen LogP contribution is 2.37. The van der Waals surface area contributed by atoms with Gasteiger partial charge in [0.2, 0.25) is 0 Å². The second-order valence-corrected chi connectivity index (χ2v) is 15.3. The molecule has 246 valence electrons. The highest BCUT2D eigenvalue weighted by molar-refractivity contribution is 7.93. The summed E-state index contributed by atoms with van der Waals surface area (Å²) >= 11 is 6.02. The molecule has 2 N–H and O–H groups in total. The van der Waals surface area contributed by atoms with E-state index < -0.39 is 31.2 Å². The Morgan fingerprint density at radius 3 is 1.67 bits per heavy atom. The van der Waals surface area contributed by atoms with Crippen LogP contribution in [0.5, 0.6) is 0 Å². The number of hydrogen-bond donors (Lipinski definition) is 2. The van der Waals surface area contributed by atoms with Crippen LogP contribution in [0.1, 0.15) is 16.7 Å². The molecule has 16 heteroatoms. The van der Waals surface area contributed by atoms with Gasteiger partial charge in [0.25, 0.3) is 31.2 Å². The first-order chi connectivity index (χ1) is 23.5. The first-order valence-electron chi connectivity index (χ1n) is 14.8. The molecule has 0 atom stereocenters.